The predicted molar refractivity (Wildman–Crippen MR) is 38.1 cm³/mol. The number of hydrogen-bond donors (Lipinski definition) is 0. The van der Waals surface area contributed by atoms with Crippen LogP contribution in [0, 0.1) is 5.92 Å². The molecule has 1 atom stereocenters. The van der Waals surface area contributed by atoms with E-state index >= 15 is 0 Å². The second kappa shape index (κ2) is 2.62. The highest BCUT2D eigenvalue weighted by atomic mass is 16.6. The Morgan fingerprint density at radius 2 is 2.50 bits per heavy atom. The number of fused-ring (bicyclic) bond motifs is 1. The third-order valence-corrected chi connectivity index (χ3v) is 2.36. The summed E-state index contributed by atoms with van der Waals surface area (Å²) in [6.07, 6.45) is 7.18. The minimum atomic E-state index is 0.700. The summed E-state index contributed by atoms with van der Waals surface area (Å²) < 4.78 is 0. The molecule has 1 heterocycles. The molecule has 0 aromatic rings. The van der Waals surface area contributed by atoms with Crippen molar-refractivity contribution >= 4 is 0 Å². The molecule has 1 aliphatic carbocycles. The van der Waals surface area contributed by atoms with Gasteiger partial charge in [-0.15, -0.1) is 5.48 Å². The third-order valence-electron chi connectivity index (χ3n) is 2.36. The zero-order valence-electron chi connectivity index (χ0n) is 6.05. The van der Waals surface area contributed by atoms with Crippen LogP contribution in [-0.2, 0) is 4.84 Å². The van der Waals surface area contributed by atoms with Gasteiger partial charge in [0, 0.05) is 5.92 Å². The third kappa shape index (κ3) is 1.03. The number of rotatable bonds is 0. The van der Waals surface area contributed by atoms with Crippen molar-refractivity contribution in [3.05, 3.63) is 11.8 Å². The van der Waals surface area contributed by atoms with Crippen LogP contribution in [0.2, 0.25) is 0 Å². The van der Waals surface area contributed by atoms with E-state index in [9.17, 15) is 0 Å². The lowest BCUT2D eigenvalue weighted by Gasteiger charge is -2.27. The second-order valence-corrected chi connectivity index (χ2v) is 3.05. The first-order chi connectivity index (χ1) is 4.97. The molecule has 1 fully saturated rings. The molecule has 1 saturated carbocycles. The molecule has 1 unspecified atom stereocenters. The first-order valence-electron chi connectivity index (χ1n) is 3.98. The largest absolute Gasteiger partial charge is 0.252 e. The average Bonchev–Trinajstić information content (AvgIpc) is 2.05. The van der Waals surface area contributed by atoms with Gasteiger partial charge in [0.25, 0.3) is 0 Å². The predicted octanol–water partition coefficient (Wildman–Crippen LogP) is 1.61. The van der Waals surface area contributed by atoms with Crippen LogP contribution in [-0.4, -0.2) is 6.61 Å². The van der Waals surface area contributed by atoms with Crippen molar-refractivity contribution < 1.29 is 4.84 Å². The van der Waals surface area contributed by atoms with E-state index in [1.165, 1.54) is 31.3 Å². The van der Waals surface area contributed by atoms with Crippen molar-refractivity contribution in [3.63, 3.8) is 0 Å². The standard InChI is InChI=1S/C8H12NO/c1-2-4-8-6-10-9-5-7(8)3-1/h5,8H,1-4,6H2. The highest BCUT2D eigenvalue weighted by molar-refractivity contribution is 5.09. The smallest absolute Gasteiger partial charge is 0.0837 e. The van der Waals surface area contributed by atoms with Crippen LogP contribution >= 0.6 is 0 Å². The maximum absolute atomic E-state index is 4.99. The lowest BCUT2D eigenvalue weighted by Crippen LogP contribution is -2.23. The van der Waals surface area contributed by atoms with E-state index in [4.69, 9.17) is 4.84 Å². The first-order valence-corrected chi connectivity index (χ1v) is 3.98. The van der Waals surface area contributed by atoms with Crippen LogP contribution in [0.1, 0.15) is 25.7 Å². The topological polar surface area (TPSA) is 23.3 Å². The monoisotopic (exact) mass is 138 g/mol. The molecule has 10 heavy (non-hydrogen) atoms. The number of hydrogen-bond acceptors (Lipinski definition) is 1. The lowest BCUT2D eigenvalue weighted by atomic mass is 9.85. The SMILES string of the molecule is C1=C2CCCCC2CO[N]1. The van der Waals surface area contributed by atoms with Gasteiger partial charge in [0.1, 0.15) is 0 Å². The fourth-order valence-electron chi connectivity index (χ4n) is 1.71. The van der Waals surface area contributed by atoms with Crippen LogP contribution in [0.3, 0.4) is 0 Å². The van der Waals surface area contributed by atoms with Crippen molar-refractivity contribution in [1.29, 1.82) is 0 Å². The molecule has 0 aromatic heterocycles. The van der Waals surface area contributed by atoms with E-state index in [0.29, 0.717) is 5.92 Å². The van der Waals surface area contributed by atoms with E-state index in [2.05, 4.69) is 5.48 Å². The molecule has 1 radical (unpaired) electrons. The van der Waals surface area contributed by atoms with Crippen LogP contribution < -0.4 is 5.48 Å². The summed E-state index contributed by atoms with van der Waals surface area (Å²) in [6, 6.07) is 0. The van der Waals surface area contributed by atoms with E-state index < -0.39 is 0 Å². The summed E-state index contributed by atoms with van der Waals surface area (Å²) in [5.41, 5.74) is 5.31. The Hall–Kier alpha value is -0.500. The van der Waals surface area contributed by atoms with Crippen molar-refractivity contribution in [2.24, 2.45) is 5.92 Å². The van der Waals surface area contributed by atoms with Gasteiger partial charge in [-0.1, -0.05) is 6.42 Å². The van der Waals surface area contributed by atoms with Crippen LogP contribution in [0.15, 0.2) is 11.8 Å². The minimum Gasteiger partial charge on any atom is -0.252 e. The fraction of sp³-hybridized carbons (Fsp3) is 0.750. The Morgan fingerprint density at radius 3 is 3.40 bits per heavy atom. The van der Waals surface area contributed by atoms with E-state index in [1.807, 2.05) is 6.20 Å². The van der Waals surface area contributed by atoms with E-state index in [1.54, 1.807) is 0 Å². The van der Waals surface area contributed by atoms with Gasteiger partial charge in [-0.3, -0.25) is 4.84 Å². The molecule has 2 aliphatic rings. The molecule has 55 valence electrons. The van der Waals surface area contributed by atoms with Crippen molar-refractivity contribution in [1.82, 2.24) is 5.48 Å². The summed E-state index contributed by atoms with van der Waals surface area (Å²) in [5, 5.41) is 0. The highest BCUT2D eigenvalue weighted by Crippen LogP contribution is 2.30. The van der Waals surface area contributed by atoms with Gasteiger partial charge in [-0.2, -0.15) is 0 Å². The zero-order chi connectivity index (χ0) is 6.81. The Balaban J connectivity index is 2.08. The summed E-state index contributed by atoms with van der Waals surface area (Å²) in [6.45, 7) is 0.825. The number of hydroxylamine groups is 1. The molecule has 2 rings (SSSR count). The molecule has 0 N–H and O–H groups in total. The van der Waals surface area contributed by atoms with Crippen LogP contribution in [0.5, 0.6) is 0 Å². The van der Waals surface area contributed by atoms with Crippen LogP contribution in [0.4, 0.5) is 0 Å². The van der Waals surface area contributed by atoms with Crippen LogP contribution in [0.25, 0.3) is 0 Å². The number of nitrogens with zero attached hydrogens (tertiary/aromatic N) is 1. The van der Waals surface area contributed by atoms with Gasteiger partial charge in [-0.05, 0) is 24.8 Å². The Kier molecular flexibility index (Phi) is 1.63. The van der Waals surface area contributed by atoms with Gasteiger partial charge in [0.15, 0.2) is 0 Å². The van der Waals surface area contributed by atoms with Crippen molar-refractivity contribution in [2.45, 2.75) is 25.7 Å². The maximum atomic E-state index is 4.99. The Morgan fingerprint density at radius 1 is 1.50 bits per heavy atom. The second-order valence-electron chi connectivity index (χ2n) is 3.05. The fourth-order valence-corrected chi connectivity index (χ4v) is 1.71. The highest BCUT2D eigenvalue weighted by Gasteiger charge is 2.21. The zero-order valence-corrected chi connectivity index (χ0v) is 6.05. The summed E-state index contributed by atoms with van der Waals surface area (Å²) >= 11 is 0. The molecule has 0 aromatic carbocycles. The summed E-state index contributed by atoms with van der Waals surface area (Å²) in [5.74, 6) is 0.700. The quantitative estimate of drug-likeness (QED) is 0.498. The Labute approximate surface area is 61.2 Å². The molecule has 0 bridgehead atoms. The maximum Gasteiger partial charge on any atom is 0.0837 e. The lowest BCUT2D eigenvalue weighted by molar-refractivity contribution is 0.0229. The van der Waals surface area contributed by atoms with Gasteiger partial charge >= 0.3 is 0 Å². The molecule has 0 spiro atoms. The molecule has 0 amide bonds. The van der Waals surface area contributed by atoms with Gasteiger partial charge in [0.2, 0.25) is 0 Å². The normalized spacial score (nSPS) is 32.0. The van der Waals surface area contributed by atoms with E-state index in [0.717, 1.165) is 6.61 Å². The first kappa shape index (κ1) is 6.23. The van der Waals surface area contributed by atoms with Gasteiger partial charge < -0.3 is 0 Å². The molecule has 0 saturated heterocycles. The van der Waals surface area contributed by atoms with Gasteiger partial charge in [0.05, 0.1) is 12.8 Å². The molecule has 1 aliphatic heterocycles. The van der Waals surface area contributed by atoms with Crippen molar-refractivity contribution in [2.75, 3.05) is 6.61 Å². The van der Waals surface area contributed by atoms with Gasteiger partial charge in [-0.25, -0.2) is 0 Å². The molecular weight excluding hydrogens is 126 g/mol. The van der Waals surface area contributed by atoms with E-state index in [-0.39, 0.29) is 0 Å². The molecular formula is C8H12NO. The average molecular weight is 138 g/mol. The molecule has 2 heteroatoms. The summed E-state index contributed by atoms with van der Waals surface area (Å²) in [7, 11) is 0. The summed E-state index contributed by atoms with van der Waals surface area (Å²) in [4.78, 5) is 4.99. The molecule has 2 nitrogen and oxygen atoms in total. The van der Waals surface area contributed by atoms with Crippen molar-refractivity contribution in [3.8, 4) is 0 Å². The minimum absolute atomic E-state index is 0.700. The Bertz CT molecular complexity index is 153.